The summed E-state index contributed by atoms with van der Waals surface area (Å²) in [4.78, 5) is 12.8. The molecule has 5 heteroatoms. The van der Waals surface area contributed by atoms with Crippen LogP contribution >= 0.6 is 11.6 Å². The molecule has 1 aliphatic heterocycles. The van der Waals surface area contributed by atoms with Crippen LogP contribution in [0, 0.1) is 0 Å². The molecule has 0 aliphatic carbocycles. The van der Waals surface area contributed by atoms with Crippen molar-refractivity contribution in [2.45, 2.75) is 12.5 Å². The molecule has 1 aromatic carbocycles. The van der Waals surface area contributed by atoms with Crippen LogP contribution in [0.2, 0.25) is 5.02 Å². The topological polar surface area (TPSA) is 49.8 Å². The van der Waals surface area contributed by atoms with E-state index in [0.717, 1.165) is 25.8 Å². The zero-order valence-corrected chi connectivity index (χ0v) is 10.8. The highest BCUT2D eigenvalue weighted by molar-refractivity contribution is 6.33. The summed E-state index contributed by atoms with van der Waals surface area (Å²) in [5.41, 5.74) is 0.465. The molecule has 0 aromatic heterocycles. The summed E-state index contributed by atoms with van der Waals surface area (Å²) in [7, 11) is 0. The number of β-amino-alcohol motifs (C(OH)–C–C–N with tert-alkyl or cyclic N) is 1. The van der Waals surface area contributed by atoms with E-state index in [1.54, 1.807) is 18.2 Å². The van der Waals surface area contributed by atoms with E-state index in [0.29, 0.717) is 29.5 Å². The Labute approximate surface area is 111 Å². The van der Waals surface area contributed by atoms with E-state index in [4.69, 9.17) is 16.3 Å². The first-order chi connectivity index (χ1) is 8.69. The van der Waals surface area contributed by atoms with Crippen molar-refractivity contribution in [3.63, 3.8) is 0 Å². The summed E-state index contributed by atoms with van der Waals surface area (Å²) in [5, 5.41) is 9.78. The van der Waals surface area contributed by atoms with Crippen LogP contribution in [0.25, 0.3) is 0 Å². The Balaban J connectivity index is 1.79. The summed E-state index contributed by atoms with van der Waals surface area (Å²) < 4.78 is 5.56. The van der Waals surface area contributed by atoms with Gasteiger partial charge in [0.05, 0.1) is 11.1 Å². The highest BCUT2D eigenvalue weighted by Crippen LogP contribution is 2.21. The minimum atomic E-state index is -0.202. The van der Waals surface area contributed by atoms with Gasteiger partial charge in [-0.05, 0) is 24.6 Å². The molecule has 2 rings (SSSR count). The monoisotopic (exact) mass is 269 g/mol. The maximum absolute atomic E-state index is 10.6. The average Bonchev–Trinajstić information content (AvgIpc) is 2.75. The van der Waals surface area contributed by atoms with E-state index in [1.165, 1.54) is 0 Å². The fourth-order valence-corrected chi connectivity index (χ4v) is 2.22. The smallest absolute Gasteiger partial charge is 0.151 e. The third-order valence-electron chi connectivity index (χ3n) is 3.02. The summed E-state index contributed by atoms with van der Waals surface area (Å²) in [5.74, 6) is 0.658. The van der Waals surface area contributed by atoms with Crippen molar-refractivity contribution in [3.8, 4) is 5.75 Å². The Morgan fingerprint density at radius 2 is 2.39 bits per heavy atom. The van der Waals surface area contributed by atoms with Crippen LogP contribution in [0.4, 0.5) is 0 Å². The number of likely N-dealkylation sites (tertiary alicyclic amines) is 1. The lowest BCUT2D eigenvalue weighted by molar-refractivity contribution is 0.112. The molecular weight excluding hydrogens is 254 g/mol. The van der Waals surface area contributed by atoms with Crippen molar-refractivity contribution in [3.05, 3.63) is 28.8 Å². The van der Waals surface area contributed by atoms with E-state index < -0.39 is 0 Å². The maximum atomic E-state index is 10.6. The number of carbonyl (C=O) groups is 1. The molecule has 18 heavy (non-hydrogen) atoms. The van der Waals surface area contributed by atoms with Crippen LogP contribution in [-0.2, 0) is 0 Å². The molecule has 0 bridgehead atoms. The highest BCUT2D eigenvalue weighted by Gasteiger charge is 2.19. The summed E-state index contributed by atoms with van der Waals surface area (Å²) >= 11 is 5.90. The zero-order chi connectivity index (χ0) is 13.0. The first-order valence-corrected chi connectivity index (χ1v) is 6.35. The predicted molar refractivity (Wildman–Crippen MR) is 69.4 cm³/mol. The van der Waals surface area contributed by atoms with E-state index in [9.17, 15) is 9.90 Å². The Hall–Kier alpha value is -1.10. The molecule has 4 nitrogen and oxygen atoms in total. The van der Waals surface area contributed by atoms with Gasteiger partial charge < -0.3 is 9.84 Å². The van der Waals surface area contributed by atoms with Gasteiger partial charge in [-0.3, -0.25) is 9.69 Å². The highest BCUT2D eigenvalue weighted by atomic mass is 35.5. The van der Waals surface area contributed by atoms with Gasteiger partial charge in [-0.1, -0.05) is 11.6 Å². The number of ether oxygens (including phenoxy) is 1. The molecule has 0 radical (unpaired) electrons. The minimum Gasteiger partial charge on any atom is -0.492 e. The molecule has 98 valence electrons. The quantitative estimate of drug-likeness (QED) is 0.825. The van der Waals surface area contributed by atoms with Gasteiger partial charge in [0.15, 0.2) is 6.29 Å². The normalized spacial score (nSPS) is 20.0. The number of aliphatic hydroxyl groups excluding tert-OH is 1. The number of aliphatic hydroxyl groups is 1. The lowest BCUT2D eigenvalue weighted by Crippen LogP contribution is -2.27. The largest absolute Gasteiger partial charge is 0.492 e. The zero-order valence-electron chi connectivity index (χ0n) is 10.0. The molecule has 0 amide bonds. The van der Waals surface area contributed by atoms with Gasteiger partial charge in [0.1, 0.15) is 12.4 Å². The standard InChI is InChI=1S/C13H16ClNO3/c14-13-7-12(2-1-10(13)9-16)18-6-5-15-4-3-11(17)8-15/h1-2,7,9,11,17H,3-6,8H2/t11-/m1/s1. The number of rotatable bonds is 5. The van der Waals surface area contributed by atoms with Crippen molar-refractivity contribution < 1.29 is 14.6 Å². The van der Waals surface area contributed by atoms with Crippen molar-refractivity contribution in [2.24, 2.45) is 0 Å². The molecule has 1 aromatic rings. The van der Waals surface area contributed by atoms with Gasteiger partial charge >= 0.3 is 0 Å². The first kappa shape index (κ1) is 13.3. The number of carbonyl (C=O) groups excluding carboxylic acids is 1. The predicted octanol–water partition coefficient (Wildman–Crippen LogP) is 1.60. The SMILES string of the molecule is O=Cc1ccc(OCCN2CC[C@@H](O)C2)cc1Cl. The van der Waals surface area contributed by atoms with Crippen LogP contribution in [0.15, 0.2) is 18.2 Å². The molecule has 1 N–H and O–H groups in total. The molecule has 1 saturated heterocycles. The van der Waals surface area contributed by atoms with E-state index in [-0.39, 0.29) is 6.10 Å². The van der Waals surface area contributed by atoms with E-state index >= 15 is 0 Å². The molecule has 1 fully saturated rings. The number of aldehydes is 1. The molecule has 0 spiro atoms. The van der Waals surface area contributed by atoms with Gasteiger partial charge in [-0.25, -0.2) is 0 Å². The molecule has 1 heterocycles. The molecule has 0 unspecified atom stereocenters. The van der Waals surface area contributed by atoms with Crippen molar-refractivity contribution in [1.82, 2.24) is 4.90 Å². The van der Waals surface area contributed by atoms with Crippen LogP contribution in [-0.4, -0.2) is 48.6 Å². The summed E-state index contributed by atoms with van der Waals surface area (Å²) in [6.07, 6.45) is 1.35. The molecule has 1 aliphatic rings. The van der Waals surface area contributed by atoms with E-state index in [2.05, 4.69) is 4.90 Å². The first-order valence-electron chi connectivity index (χ1n) is 5.97. The maximum Gasteiger partial charge on any atom is 0.151 e. The Morgan fingerprint density at radius 1 is 1.56 bits per heavy atom. The number of hydrogen-bond donors (Lipinski definition) is 1. The second-order valence-electron chi connectivity index (χ2n) is 4.39. The Kier molecular flexibility index (Phi) is 4.58. The van der Waals surface area contributed by atoms with Crippen molar-refractivity contribution >= 4 is 17.9 Å². The molecule has 0 saturated carbocycles. The summed E-state index contributed by atoms with van der Waals surface area (Å²) in [6, 6.07) is 5.02. The van der Waals surface area contributed by atoms with Crippen molar-refractivity contribution in [1.29, 1.82) is 0 Å². The lowest BCUT2D eigenvalue weighted by atomic mass is 10.2. The van der Waals surface area contributed by atoms with Gasteiger partial charge in [0, 0.05) is 25.2 Å². The van der Waals surface area contributed by atoms with Crippen molar-refractivity contribution in [2.75, 3.05) is 26.2 Å². The van der Waals surface area contributed by atoms with Crippen LogP contribution in [0.5, 0.6) is 5.75 Å². The minimum absolute atomic E-state index is 0.202. The number of hydrogen-bond acceptors (Lipinski definition) is 4. The summed E-state index contributed by atoms with van der Waals surface area (Å²) in [6.45, 7) is 2.96. The van der Waals surface area contributed by atoms with Gasteiger partial charge in [0.25, 0.3) is 0 Å². The third-order valence-corrected chi connectivity index (χ3v) is 3.35. The number of nitrogens with zero attached hydrogens (tertiary/aromatic N) is 1. The average molecular weight is 270 g/mol. The Bertz CT molecular complexity index is 425. The second kappa shape index (κ2) is 6.18. The van der Waals surface area contributed by atoms with Gasteiger partial charge in [-0.2, -0.15) is 0 Å². The van der Waals surface area contributed by atoms with Gasteiger partial charge in [0.2, 0.25) is 0 Å². The number of halogens is 1. The van der Waals surface area contributed by atoms with E-state index in [1.807, 2.05) is 0 Å². The lowest BCUT2D eigenvalue weighted by Gasteiger charge is -2.15. The van der Waals surface area contributed by atoms with Gasteiger partial charge in [-0.15, -0.1) is 0 Å². The van der Waals surface area contributed by atoms with Crippen LogP contribution in [0.1, 0.15) is 16.8 Å². The fraction of sp³-hybridized carbons (Fsp3) is 0.462. The third kappa shape index (κ3) is 3.45. The fourth-order valence-electron chi connectivity index (χ4n) is 2.00. The molecule has 1 atom stereocenters. The molecular formula is C13H16ClNO3. The number of benzene rings is 1. The second-order valence-corrected chi connectivity index (χ2v) is 4.80. The Morgan fingerprint density at radius 3 is 3.00 bits per heavy atom. The van der Waals surface area contributed by atoms with Crippen LogP contribution in [0.3, 0.4) is 0 Å². The van der Waals surface area contributed by atoms with Crippen LogP contribution < -0.4 is 4.74 Å².